The Bertz CT molecular complexity index is 1250. The molecule has 1 fully saturated rings. The lowest BCUT2D eigenvalue weighted by Crippen LogP contribution is -2.42. The molecule has 0 aliphatic carbocycles. The van der Waals surface area contributed by atoms with Gasteiger partial charge < -0.3 is 24.3 Å². The van der Waals surface area contributed by atoms with Crippen LogP contribution in [0.2, 0.25) is 5.02 Å². The minimum Gasteiger partial charge on any atom is -0.478 e. The molecular formula is C23H26ClN5O4. The number of aryl methyl sites for hydroxylation is 1. The summed E-state index contributed by atoms with van der Waals surface area (Å²) in [6, 6.07) is 7.46. The van der Waals surface area contributed by atoms with Gasteiger partial charge in [-0.3, -0.25) is 9.59 Å². The largest absolute Gasteiger partial charge is 0.478 e. The Morgan fingerprint density at radius 3 is 2.94 bits per heavy atom. The summed E-state index contributed by atoms with van der Waals surface area (Å²) in [5.41, 5.74) is 2.15. The number of likely N-dealkylation sites (N-methyl/N-ethyl adjacent to an activating group) is 1. The van der Waals surface area contributed by atoms with E-state index in [4.69, 9.17) is 26.1 Å². The Labute approximate surface area is 196 Å². The summed E-state index contributed by atoms with van der Waals surface area (Å²) in [4.78, 5) is 35.3. The van der Waals surface area contributed by atoms with Crippen LogP contribution in [-0.2, 0) is 23.0 Å². The van der Waals surface area contributed by atoms with E-state index in [2.05, 4.69) is 15.2 Å². The van der Waals surface area contributed by atoms with Crippen LogP contribution in [0.4, 0.5) is 5.95 Å². The number of pyridine rings is 1. The molecule has 1 amide bonds. The number of fused-ring (bicyclic) bond motifs is 1. The number of hydrogen-bond donors (Lipinski definition) is 1. The van der Waals surface area contributed by atoms with E-state index in [-0.39, 0.29) is 29.9 Å². The fourth-order valence-corrected chi connectivity index (χ4v) is 3.95. The summed E-state index contributed by atoms with van der Waals surface area (Å²) in [6.07, 6.45) is 2.25. The van der Waals surface area contributed by atoms with Crippen molar-refractivity contribution in [3.8, 4) is 5.75 Å². The van der Waals surface area contributed by atoms with Gasteiger partial charge in [0.25, 0.3) is 11.5 Å². The predicted octanol–water partition coefficient (Wildman–Crippen LogP) is 1.92. The SMILES string of the molecule is CNC(=O)COc1cc2cc(Cc3nc(N4CCO[C@H](C)C4)ncc3Cl)ccc2n(C)c1=O. The molecular weight excluding hydrogens is 446 g/mol. The number of carbonyl (C=O) groups is 1. The monoisotopic (exact) mass is 471 g/mol. The third-order valence-electron chi connectivity index (χ3n) is 5.59. The van der Waals surface area contributed by atoms with Crippen molar-refractivity contribution in [3.05, 3.63) is 57.1 Å². The number of amides is 1. The number of ether oxygens (including phenoxy) is 2. The second kappa shape index (κ2) is 9.76. The Morgan fingerprint density at radius 2 is 2.18 bits per heavy atom. The highest BCUT2D eigenvalue weighted by atomic mass is 35.5. The van der Waals surface area contributed by atoms with Crippen molar-refractivity contribution >= 4 is 34.4 Å². The lowest BCUT2D eigenvalue weighted by molar-refractivity contribution is -0.122. The zero-order chi connectivity index (χ0) is 23.5. The number of halogens is 1. The zero-order valence-corrected chi connectivity index (χ0v) is 19.6. The molecule has 0 unspecified atom stereocenters. The first-order valence-corrected chi connectivity index (χ1v) is 11.1. The standard InChI is InChI=1S/C23H26ClN5O4/c1-14-12-29(6-7-32-14)23-26-11-17(24)18(27-23)9-15-4-5-19-16(8-15)10-20(22(31)28(19)3)33-13-21(30)25-2/h4-5,8,10-11,14H,6-7,9,12-13H2,1-3H3,(H,25,30)/t14-/m1/s1. The van der Waals surface area contributed by atoms with Crippen LogP contribution in [0.25, 0.3) is 10.9 Å². The second-order valence-electron chi connectivity index (χ2n) is 8.00. The number of benzene rings is 1. The highest BCUT2D eigenvalue weighted by Crippen LogP contribution is 2.24. The third kappa shape index (κ3) is 5.09. The third-order valence-corrected chi connectivity index (χ3v) is 5.91. The molecule has 2 aromatic heterocycles. The lowest BCUT2D eigenvalue weighted by Gasteiger charge is -2.31. The summed E-state index contributed by atoms with van der Waals surface area (Å²) in [5.74, 6) is 0.446. The number of morpholine rings is 1. The summed E-state index contributed by atoms with van der Waals surface area (Å²) in [7, 11) is 3.19. The van der Waals surface area contributed by atoms with Crippen molar-refractivity contribution in [2.75, 3.05) is 38.3 Å². The van der Waals surface area contributed by atoms with Crippen LogP contribution in [-0.4, -0.2) is 59.9 Å². The maximum atomic E-state index is 12.6. The summed E-state index contributed by atoms with van der Waals surface area (Å²) in [6.45, 7) is 3.89. The van der Waals surface area contributed by atoms with Crippen LogP contribution < -0.4 is 20.5 Å². The predicted molar refractivity (Wildman–Crippen MR) is 126 cm³/mol. The van der Waals surface area contributed by atoms with E-state index in [1.54, 1.807) is 19.3 Å². The van der Waals surface area contributed by atoms with E-state index >= 15 is 0 Å². The fraction of sp³-hybridized carbons (Fsp3) is 0.391. The highest BCUT2D eigenvalue weighted by molar-refractivity contribution is 6.31. The van der Waals surface area contributed by atoms with E-state index in [9.17, 15) is 9.59 Å². The van der Waals surface area contributed by atoms with Gasteiger partial charge in [-0.15, -0.1) is 0 Å². The van der Waals surface area contributed by atoms with E-state index in [1.807, 2.05) is 25.1 Å². The van der Waals surface area contributed by atoms with Gasteiger partial charge in [-0.2, -0.15) is 0 Å². The van der Waals surface area contributed by atoms with Gasteiger partial charge in [-0.1, -0.05) is 17.7 Å². The van der Waals surface area contributed by atoms with Gasteiger partial charge in [-0.25, -0.2) is 9.97 Å². The number of nitrogens with one attached hydrogen (secondary N) is 1. The molecule has 0 radical (unpaired) electrons. The molecule has 1 saturated heterocycles. The van der Waals surface area contributed by atoms with Crippen LogP contribution in [0.5, 0.6) is 5.75 Å². The number of hydrogen-bond acceptors (Lipinski definition) is 7. The topological polar surface area (TPSA) is 98.6 Å². The fourth-order valence-electron chi connectivity index (χ4n) is 3.79. The van der Waals surface area contributed by atoms with Crippen LogP contribution in [0, 0.1) is 0 Å². The number of aromatic nitrogens is 3. The number of nitrogens with zero attached hydrogens (tertiary/aromatic N) is 4. The molecule has 10 heteroatoms. The molecule has 9 nitrogen and oxygen atoms in total. The molecule has 1 aromatic carbocycles. The number of rotatable bonds is 6. The molecule has 1 atom stereocenters. The summed E-state index contributed by atoms with van der Waals surface area (Å²) >= 11 is 6.42. The molecule has 1 aliphatic heterocycles. The maximum Gasteiger partial charge on any atom is 0.293 e. The van der Waals surface area contributed by atoms with Crippen molar-refractivity contribution in [1.82, 2.24) is 19.9 Å². The Morgan fingerprint density at radius 1 is 1.36 bits per heavy atom. The number of anilines is 1. The average Bonchev–Trinajstić information content (AvgIpc) is 2.81. The van der Waals surface area contributed by atoms with Gasteiger partial charge >= 0.3 is 0 Å². The molecule has 0 bridgehead atoms. The average molecular weight is 472 g/mol. The van der Waals surface area contributed by atoms with Crippen LogP contribution in [0.1, 0.15) is 18.2 Å². The van der Waals surface area contributed by atoms with Crippen LogP contribution in [0.3, 0.4) is 0 Å². The Balaban J connectivity index is 1.62. The van der Waals surface area contributed by atoms with Crippen LogP contribution >= 0.6 is 11.6 Å². The van der Waals surface area contributed by atoms with Gasteiger partial charge in [0, 0.05) is 39.0 Å². The maximum absolute atomic E-state index is 12.6. The van der Waals surface area contributed by atoms with Crippen molar-refractivity contribution in [3.63, 3.8) is 0 Å². The molecule has 0 spiro atoms. The quantitative estimate of drug-likeness (QED) is 0.586. The first-order valence-electron chi connectivity index (χ1n) is 10.7. The zero-order valence-electron chi connectivity index (χ0n) is 18.8. The summed E-state index contributed by atoms with van der Waals surface area (Å²) < 4.78 is 12.6. The van der Waals surface area contributed by atoms with E-state index in [1.165, 1.54) is 11.6 Å². The van der Waals surface area contributed by atoms with Crippen LogP contribution in [0.15, 0.2) is 35.3 Å². The smallest absolute Gasteiger partial charge is 0.293 e. The van der Waals surface area contributed by atoms with Gasteiger partial charge in [0.2, 0.25) is 5.95 Å². The van der Waals surface area contributed by atoms with E-state index in [0.29, 0.717) is 24.0 Å². The van der Waals surface area contributed by atoms with E-state index in [0.717, 1.165) is 35.2 Å². The molecule has 4 rings (SSSR count). The second-order valence-corrected chi connectivity index (χ2v) is 8.40. The van der Waals surface area contributed by atoms with Gasteiger partial charge in [0.05, 0.1) is 35.1 Å². The number of carbonyl (C=O) groups excluding carboxylic acids is 1. The van der Waals surface area contributed by atoms with Crippen molar-refractivity contribution < 1.29 is 14.3 Å². The first kappa shape index (κ1) is 23.0. The van der Waals surface area contributed by atoms with Gasteiger partial charge in [0.15, 0.2) is 12.4 Å². The molecule has 3 aromatic rings. The molecule has 3 heterocycles. The highest BCUT2D eigenvalue weighted by Gasteiger charge is 2.20. The van der Waals surface area contributed by atoms with Gasteiger partial charge in [-0.05, 0) is 30.7 Å². The summed E-state index contributed by atoms with van der Waals surface area (Å²) in [5, 5.41) is 3.78. The van der Waals surface area contributed by atoms with Crippen molar-refractivity contribution in [2.45, 2.75) is 19.4 Å². The minimum absolute atomic E-state index is 0.119. The van der Waals surface area contributed by atoms with E-state index < -0.39 is 0 Å². The Kier molecular flexibility index (Phi) is 6.80. The minimum atomic E-state index is -0.310. The first-order chi connectivity index (χ1) is 15.9. The molecule has 0 saturated carbocycles. The van der Waals surface area contributed by atoms with Crippen molar-refractivity contribution in [2.24, 2.45) is 7.05 Å². The molecule has 1 N–H and O–H groups in total. The molecule has 174 valence electrons. The normalized spacial score (nSPS) is 16.1. The molecule has 1 aliphatic rings. The van der Waals surface area contributed by atoms with Gasteiger partial charge in [0.1, 0.15) is 0 Å². The molecule has 33 heavy (non-hydrogen) atoms. The Hall–Kier alpha value is -3.17. The lowest BCUT2D eigenvalue weighted by atomic mass is 10.1. The van der Waals surface area contributed by atoms with Crippen molar-refractivity contribution in [1.29, 1.82) is 0 Å².